The number of ketones is 2. The average molecular weight is 451 g/mol. The van der Waals surface area contributed by atoms with Gasteiger partial charge in [0.2, 0.25) is 0 Å². The first-order valence-corrected chi connectivity index (χ1v) is 11.2. The van der Waals surface area contributed by atoms with Crippen molar-refractivity contribution in [3.8, 4) is 11.5 Å². The van der Waals surface area contributed by atoms with Gasteiger partial charge in [0.1, 0.15) is 24.7 Å². The number of carbonyl (C=O) groups is 2. The summed E-state index contributed by atoms with van der Waals surface area (Å²) in [5.74, 6) is 1.32. The van der Waals surface area contributed by atoms with E-state index in [2.05, 4.69) is 0 Å². The van der Waals surface area contributed by atoms with Crippen LogP contribution in [0.2, 0.25) is 0 Å². The van der Waals surface area contributed by atoms with E-state index in [9.17, 15) is 9.59 Å². The van der Waals surface area contributed by atoms with E-state index in [1.165, 1.54) is 0 Å². The van der Waals surface area contributed by atoms with Crippen molar-refractivity contribution in [2.24, 2.45) is 0 Å². The SMILES string of the molecule is Cc1cccc(C(=O)c2ccc(OCCOc3ccc(C(=O)c4cccc(C)c4)cc3)cc2)c1. The Labute approximate surface area is 199 Å². The fourth-order valence-corrected chi connectivity index (χ4v) is 3.63. The van der Waals surface area contributed by atoms with E-state index in [1.54, 1.807) is 48.5 Å². The Morgan fingerprint density at radius 1 is 0.529 bits per heavy atom. The van der Waals surface area contributed by atoms with E-state index in [4.69, 9.17) is 9.47 Å². The molecule has 4 aromatic rings. The lowest BCUT2D eigenvalue weighted by Gasteiger charge is -2.10. The summed E-state index contributed by atoms with van der Waals surface area (Å²) >= 11 is 0. The lowest BCUT2D eigenvalue weighted by atomic mass is 10.0. The van der Waals surface area contributed by atoms with E-state index in [0.29, 0.717) is 47.0 Å². The number of rotatable bonds is 9. The molecule has 0 aliphatic heterocycles. The summed E-state index contributed by atoms with van der Waals surface area (Å²) in [6, 6.07) is 29.3. The summed E-state index contributed by atoms with van der Waals surface area (Å²) in [7, 11) is 0. The summed E-state index contributed by atoms with van der Waals surface area (Å²) in [5, 5.41) is 0. The first kappa shape index (κ1) is 23.0. The van der Waals surface area contributed by atoms with Gasteiger partial charge < -0.3 is 9.47 Å². The number of carbonyl (C=O) groups excluding carboxylic acids is 2. The van der Waals surface area contributed by atoms with Crippen LogP contribution < -0.4 is 9.47 Å². The normalized spacial score (nSPS) is 10.5. The van der Waals surface area contributed by atoms with Crippen LogP contribution in [0.15, 0.2) is 97.1 Å². The van der Waals surface area contributed by atoms with Crippen molar-refractivity contribution in [3.05, 3.63) is 130 Å². The van der Waals surface area contributed by atoms with Gasteiger partial charge in [-0.3, -0.25) is 9.59 Å². The highest BCUT2D eigenvalue weighted by Gasteiger charge is 2.10. The molecule has 0 N–H and O–H groups in total. The first-order valence-electron chi connectivity index (χ1n) is 11.2. The van der Waals surface area contributed by atoms with Gasteiger partial charge in [-0.2, -0.15) is 0 Å². The molecule has 170 valence electrons. The molecular weight excluding hydrogens is 424 g/mol. The van der Waals surface area contributed by atoms with Crippen LogP contribution in [0.3, 0.4) is 0 Å². The molecule has 0 saturated heterocycles. The summed E-state index contributed by atoms with van der Waals surface area (Å²) in [6.07, 6.45) is 0. The minimum Gasteiger partial charge on any atom is -0.490 e. The second-order valence-electron chi connectivity index (χ2n) is 8.14. The summed E-state index contributed by atoms with van der Waals surface area (Å²) in [6.45, 7) is 4.65. The zero-order valence-corrected chi connectivity index (χ0v) is 19.3. The molecule has 0 spiro atoms. The molecule has 4 heteroatoms. The maximum absolute atomic E-state index is 12.6. The Morgan fingerprint density at radius 2 is 0.912 bits per heavy atom. The van der Waals surface area contributed by atoms with Crippen molar-refractivity contribution in [1.29, 1.82) is 0 Å². The molecule has 0 aromatic heterocycles. The molecule has 0 fully saturated rings. The second kappa shape index (κ2) is 10.6. The molecule has 4 nitrogen and oxygen atoms in total. The molecule has 34 heavy (non-hydrogen) atoms. The first-order chi connectivity index (χ1) is 16.5. The molecule has 0 aliphatic carbocycles. The third-order valence-electron chi connectivity index (χ3n) is 5.41. The molecule has 0 atom stereocenters. The van der Waals surface area contributed by atoms with Gasteiger partial charge in [0.15, 0.2) is 11.6 Å². The van der Waals surface area contributed by atoms with Crippen molar-refractivity contribution >= 4 is 11.6 Å². The second-order valence-corrected chi connectivity index (χ2v) is 8.14. The quantitative estimate of drug-likeness (QED) is 0.224. The molecular formula is C30H26O4. The van der Waals surface area contributed by atoms with Crippen molar-refractivity contribution in [3.63, 3.8) is 0 Å². The number of benzene rings is 4. The molecule has 0 unspecified atom stereocenters. The highest BCUT2D eigenvalue weighted by atomic mass is 16.5. The summed E-state index contributed by atoms with van der Waals surface area (Å²) in [5.41, 5.74) is 4.70. The minimum absolute atomic E-state index is 0.0112. The average Bonchev–Trinajstić information content (AvgIpc) is 2.86. The third kappa shape index (κ3) is 5.78. The number of hydrogen-bond acceptors (Lipinski definition) is 4. The van der Waals surface area contributed by atoms with E-state index >= 15 is 0 Å². The van der Waals surface area contributed by atoms with Gasteiger partial charge in [0.05, 0.1) is 0 Å². The Balaban J connectivity index is 1.26. The Bertz CT molecular complexity index is 1190. The van der Waals surface area contributed by atoms with E-state index in [0.717, 1.165) is 11.1 Å². The minimum atomic E-state index is -0.0112. The Morgan fingerprint density at radius 3 is 1.26 bits per heavy atom. The topological polar surface area (TPSA) is 52.6 Å². The predicted molar refractivity (Wildman–Crippen MR) is 133 cm³/mol. The highest BCUT2D eigenvalue weighted by molar-refractivity contribution is 6.09. The van der Waals surface area contributed by atoms with Crippen LogP contribution in [-0.4, -0.2) is 24.8 Å². The van der Waals surface area contributed by atoms with Gasteiger partial charge in [-0.25, -0.2) is 0 Å². The zero-order chi connectivity index (χ0) is 23.9. The van der Waals surface area contributed by atoms with Gasteiger partial charge in [-0.05, 0) is 74.5 Å². The van der Waals surface area contributed by atoms with Crippen LogP contribution in [-0.2, 0) is 0 Å². The molecule has 0 aliphatic rings. The fourth-order valence-electron chi connectivity index (χ4n) is 3.63. The van der Waals surface area contributed by atoms with Crippen LogP contribution in [0.4, 0.5) is 0 Å². The van der Waals surface area contributed by atoms with Gasteiger partial charge in [-0.15, -0.1) is 0 Å². The van der Waals surface area contributed by atoms with Crippen LogP contribution in [0.25, 0.3) is 0 Å². The standard InChI is InChI=1S/C30H26O4/c1-21-5-3-7-25(19-21)29(31)23-9-13-27(14-10-23)33-17-18-34-28-15-11-24(12-16-28)30(32)26-8-4-6-22(2)20-26/h3-16,19-20H,17-18H2,1-2H3. The van der Waals surface area contributed by atoms with E-state index < -0.39 is 0 Å². The van der Waals surface area contributed by atoms with Crippen LogP contribution in [0, 0.1) is 13.8 Å². The monoisotopic (exact) mass is 450 g/mol. The van der Waals surface area contributed by atoms with Crippen LogP contribution in [0.5, 0.6) is 11.5 Å². The predicted octanol–water partition coefficient (Wildman–Crippen LogP) is 6.22. The lowest BCUT2D eigenvalue weighted by Crippen LogP contribution is -2.09. The molecule has 0 bridgehead atoms. The van der Waals surface area contributed by atoms with Crippen molar-refractivity contribution in [1.82, 2.24) is 0 Å². The van der Waals surface area contributed by atoms with Crippen molar-refractivity contribution < 1.29 is 19.1 Å². The molecule has 0 amide bonds. The number of aryl methyl sites for hydroxylation is 2. The molecule has 4 rings (SSSR count). The highest BCUT2D eigenvalue weighted by Crippen LogP contribution is 2.18. The van der Waals surface area contributed by atoms with Gasteiger partial charge in [0.25, 0.3) is 0 Å². The van der Waals surface area contributed by atoms with Gasteiger partial charge in [0, 0.05) is 22.3 Å². The maximum Gasteiger partial charge on any atom is 0.193 e. The third-order valence-corrected chi connectivity index (χ3v) is 5.41. The molecule has 4 aromatic carbocycles. The number of hydrogen-bond donors (Lipinski definition) is 0. The van der Waals surface area contributed by atoms with Crippen LogP contribution in [0.1, 0.15) is 43.0 Å². The lowest BCUT2D eigenvalue weighted by molar-refractivity contribution is 0.103. The molecule has 0 saturated carbocycles. The van der Waals surface area contributed by atoms with E-state index in [-0.39, 0.29) is 11.6 Å². The van der Waals surface area contributed by atoms with Gasteiger partial charge in [-0.1, -0.05) is 47.5 Å². The summed E-state index contributed by atoms with van der Waals surface area (Å²) < 4.78 is 11.5. The van der Waals surface area contributed by atoms with Gasteiger partial charge >= 0.3 is 0 Å². The zero-order valence-electron chi connectivity index (χ0n) is 19.3. The van der Waals surface area contributed by atoms with E-state index in [1.807, 2.05) is 62.4 Å². The Kier molecular flexibility index (Phi) is 7.19. The maximum atomic E-state index is 12.6. The fraction of sp³-hybridized carbons (Fsp3) is 0.133. The van der Waals surface area contributed by atoms with Crippen molar-refractivity contribution in [2.75, 3.05) is 13.2 Å². The van der Waals surface area contributed by atoms with Crippen LogP contribution >= 0.6 is 0 Å². The smallest absolute Gasteiger partial charge is 0.193 e. The molecule has 0 radical (unpaired) electrons. The number of ether oxygens (including phenoxy) is 2. The molecule has 0 heterocycles. The largest absolute Gasteiger partial charge is 0.490 e. The summed E-state index contributed by atoms with van der Waals surface area (Å²) in [4.78, 5) is 25.2. The Hall–Kier alpha value is -4.18. The van der Waals surface area contributed by atoms with Crippen molar-refractivity contribution in [2.45, 2.75) is 13.8 Å².